The number of hydrogen-bond donors (Lipinski definition) is 0. The first-order chi connectivity index (χ1) is 7.65. The molecule has 1 atom stereocenters. The molecule has 16 heavy (non-hydrogen) atoms. The van der Waals surface area contributed by atoms with E-state index >= 15 is 0 Å². The average molecular weight is 218 g/mol. The van der Waals surface area contributed by atoms with Gasteiger partial charge in [-0.3, -0.25) is 4.79 Å². The minimum atomic E-state index is 0.126. The van der Waals surface area contributed by atoms with Gasteiger partial charge in [-0.1, -0.05) is 29.3 Å². The Hall–Kier alpha value is -1.15. The van der Waals surface area contributed by atoms with E-state index in [0.717, 1.165) is 18.6 Å². The molecule has 2 heteroatoms. The maximum atomic E-state index is 12.0. The number of ketones is 1. The fraction of sp³-hybridized carbons (Fsp3) is 0.500. The predicted octanol–water partition coefficient (Wildman–Crippen LogP) is 2.45. The van der Waals surface area contributed by atoms with Crippen molar-refractivity contribution in [3.05, 3.63) is 34.9 Å². The van der Waals surface area contributed by atoms with E-state index in [-0.39, 0.29) is 5.92 Å². The largest absolute Gasteiger partial charge is 0.381 e. The minimum Gasteiger partial charge on any atom is -0.381 e. The third kappa shape index (κ3) is 2.70. The van der Waals surface area contributed by atoms with Crippen LogP contribution < -0.4 is 0 Å². The second-order valence-electron chi connectivity index (χ2n) is 4.70. The van der Waals surface area contributed by atoms with Gasteiger partial charge in [-0.25, -0.2) is 0 Å². The highest BCUT2D eigenvalue weighted by Gasteiger charge is 2.23. The molecule has 1 aromatic rings. The molecule has 2 rings (SSSR count). The third-order valence-electron chi connectivity index (χ3n) is 3.04. The van der Waals surface area contributed by atoms with Crippen LogP contribution in [0.25, 0.3) is 0 Å². The van der Waals surface area contributed by atoms with Gasteiger partial charge in [-0.05, 0) is 25.8 Å². The van der Waals surface area contributed by atoms with Crippen LogP contribution in [0.2, 0.25) is 0 Å². The van der Waals surface area contributed by atoms with Crippen molar-refractivity contribution in [3.63, 3.8) is 0 Å². The van der Waals surface area contributed by atoms with E-state index < -0.39 is 0 Å². The van der Waals surface area contributed by atoms with Crippen LogP contribution in [0.5, 0.6) is 0 Å². The lowest BCUT2D eigenvalue weighted by Crippen LogP contribution is -2.16. The summed E-state index contributed by atoms with van der Waals surface area (Å²) in [7, 11) is 0. The monoisotopic (exact) mass is 218 g/mol. The Morgan fingerprint density at radius 2 is 2.00 bits per heavy atom. The molecule has 0 saturated carbocycles. The highest BCUT2D eigenvalue weighted by Crippen LogP contribution is 2.17. The molecule has 0 aromatic heterocycles. The number of rotatable bonds is 3. The molecule has 86 valence electrons. The van der Waals surface area contributed by atoms with Gasteiger partial charge in [0.05, 0.1) is 6.61 Å². The van der Waals surface area contributed by atoms with Crippen LogP contribution in [-0.4, -0.2) is 19.0 Å². The third-order valence-corrected chi connectivity index (χ3v) is 3.04. The van der Waals surface area contributed by atoms with Crippen LogP contribution in [0.4, 0.5) is 0 Å². The van der Waals surface area contributed by atoms with Crippen LogP contribution >= 0.6 is 0 Å². The number of hydrogen-bond acceptors (Lipinski definition) is 2. The van der Waals surface area contributed by atoms with Gasteiger partial charge in [0.2, 0.25) is 0 Å². The summed E-state index contributed by atoms with van der Waals surface area (Å²) in [6.07, 6.45) is 1.44. The van der Waals surface area contributed by atoms with Crippen molar-refractivity contribution in [2.75, 3.05) is 13.2 Å². The molecule has 0 spiro atoms. The molecule has 1 aliphatic rings. The van der Waals surface area contributed by atoms with Crippen molar-refractivity contribution in [1.82, 2.24) is 0 Å². The molecule has 2 nitrogen and oxygen atoms in total. The van der Waals surface area contributed by atoms with E-state index in [2.05, 4.69) is 32.0 Å². The second kappa shape index (κ2) is 4.79. The predicted molar refractivity (Wildman–Crippen MR) is 63.6 cm³/mol. The summed E-state index contributed by atoms with van der Waals surface area (Å²) in [5.41, 5.74) is 3.59. The van der Waals surface area contributed by atoms with Crippen LogP contribution in [0.3, 0.4) is 0 Å². The molecular weight excluding hydrogens is 200 g/mol. The number of carbonyl (C=O) groups is 1. The molecule has 1 heterocycles. The maximum Gasteiger partial charge on any atom is 0.142 e. The molecule has 0 aliphatic carbocycles. The van der Waals surface area contributed by atoms with E-state index in [0.29, 0.717) is 18.8 Å². The van der Waals surface area contributed by atoms with Gasteiger partial charge in [-0.2, -0.15) is 0 Å². The summed E-state index contributed by atoms with van der Waals surface area (Å²) in [5.74, 6) is 0.448. The van der Waals surface area contributed by atoms with Crippen molar-refractivity contribution < 1.29 is 9.53 Å². The first kappa shape index (κ1) is 11.3. The van der Waals surface area contributed by atoms with E-state index in [1.807, 2.05) is 0 Å². The summed E-state index contributed by atoms with van der Waals surface area (Å²) in [6, 6.07) is 6.33. The Labute approximate surface area is 96.6 Å². The zero-order valence-corrected chi connectivity index (χ0v) is 9.95. The van der Waals surface area contributed by atoms with Crippen LogP contribution in [0, 0.1) is 19.8 Å². The van der Waals surface area contributed by atoms with Gasteiger partial charge < -0.3 is 4.74 Å². The lowest BCUT2D eigenvalue weighted by molar-refractivity contribution is -0.122. The molecule has 0 N–H and O–H groups in total. The Kier molecular flexibility index (Phi) is 3.39. The van der Waals surface area contributed by atoms with Gasteiger partial charge in [0, 0.05) is 18.9 Å². The first-order valence-electron chi connectivity index (χ1n) is 5.83. The lowest BCUT2D eigenvalue weighted by Gasteiger charge is -2.08. The Morgan fingerprint density at radius 3 is 2.56 bits per heavy atom. The van der Waals surface area contributed by atoms with Gasteiger partial charge in [0.15, 0.2) is 0 Å². The van der Waals surface area contributed by atoms with Gasteiger partial charge in [0.1, 0.15) is 5.78 Å². The standard InChI is InChI=1S/C14H18O2/c1-10-5-11(2)7-12(6-10)8-14(15)13-3-4-16-9-13/h5-7,13H,3-4,8-9H2,1-2H3. The molecule has 1 saturated heterocycles. The Morgan fingerprint density at radius 1 is 1.31 bits per heavy atom. The van der Waals surface area contributed by atoms with Crippen molar-refractivity contribution in [3.8, 4) is 0 Å². The number of aryl methyl sites for hydroxylation is 2. The van der Waals surface area contributed by atoms with Crippen molar-refractivity contribution in [2.45, 2.75) is 26.7 Å². The van der Waals surface area contributed by atoms with E-state index in [1.165, 1.54) is 11.1 Å². The number of Topliss-reactive ketones (excluding diaryl/α,β-unsaturated/α-hetero) is 1. The summed E-state index contributed by atoms with van der Waals surface area (Å²) >= 11 is 0. The Balaban J connectivity index is 2.05. The topological polar surface area (TPSA) is 26.3 Å². The maximum absolute atomic E-state index is 12.0. The molecule has 0 radical (unpaired) electrons. The van der Waals surface area contributed by atoms with Crippen LogP contribution in [-0.2, 0) is 16.0 Å². The molecular formula is C14H18O2. The van der Waals surface area contributed by atoms with E-state index in [9.17, 15) is 4.79 Å². The fourth-order valence-electron chi connectivity index (χ4n) is 2.31. The molecule has 1 aromatic carbocycles. The minimum absolute atomic E-state index is 0.126. The number of ether oxygens (including phenoxy) is 1. The van der Waals surface area contributed by atoms with Crippen LogP contribution in [0.1, 0.15) is 23.1 Å². The highest BCUT2D eigenvalue weighted by molar-refractivity contribution is 5.83. The van der Waals surface area contributed by atoms with Crippen molar-refractivity contribution in [2.24, 2.45) is 5.92 Å². The van der Waals surface area contributed by atoms with E-state index in [4.69, 9.17) is 4.74 Å². The normalized spacial score (nSPS) is 20.0. The summed E-state index contributed by atoms with van der Waals surface area (Å²) in [5, 5.41) is 0. The quantitative estimate of drug-likeness (QED) is 0.779. The van der Waals surface area contributed by atoms with E-state index in [1.54, 1.807) is 0 Å². The highest BCUT2D eigenvalue weighted by atomic mass is 16.5. The first-order valence-corrected chi connectivity index (χ1v) is 5.83. The number of carbonyl (C=O) groups excluding carboxylic acids is 1. The second-order valence-corrected chi connectivity index (χ2v) is 4.70. The lowest BCUT2D eigenvalue weighted by atomic mass is 9.95. The summed E-state index contributed by atoms with van der Waals surface area (Å²) in [6.45, 7) is 5.49. The summed E-state index contributed by atoms with van der Waals surface area (Å²) < 4.78 is 5.24. The van der Waals surface area contributed by atoms with Crippen molar-refractivity contribution >= 4 is 5.78 Å². The van der Waals surface area contributed by atoms with Gasteiger partial charge in [0.25, 0.3) is 0 Å². The fourth-order valence-corrected chi connectivity index (χ4v) is 2.31. The molecule has 1 unspecified atom stereocenters. The SMILES string of the molecule is Cc1cc(C)cc(CC(=O)C2CCOC2)c1. The molecule has 0 bridgehead atoms. The molecule has 1 aliphatic heterocycles. The van der Waals surface area contributed by atoms with Crippen LogP contribution in [0.15, 0.2) is 18.2 Å². The average Bonchev–Trinajstić information content (AvgIpc) is 2.68. The zero-order valence-electron chi connectivity index (χ0n) is 9.95. The Bertz CT molecular complexity index is 369. The summed E-state index contributed by atoms with van der Waals surface area (Å²) in [4.78, 5) is 12.0. The smallest absolute Gasteiger partial charge is 0.142 e. The zero-order chi connectivity index (χ0) is 11.5. The van der Waals surface area contributed by atoms with Crippen molar-refractivity contribution in [1.29, 1.82) is 0 Å². The molecule has 1 fully saturated rings. The molecule has 0 amide bonds. The number of benzene rings is 1. The van der Waals surface area contributed by atoms with Gasteiger partial charge >= 0.3 is 0 Å². The van der Waals surface area contributed by atoms with Gasteiger partial charge in [-0.15, -0.1) is 0 Å².